The lowest BCUT2D eigenvalue weighted by molar-refractivity contribution is 0.0949. The van der Waals surface area contributed by atoms with E-state index in [-0.39, 0.29) is 11.7 Å². The van der Waals surface area contributed by atoms with Crippen molar-refractivity contribution >= 4 is 17.8 Å². The van der Waals surface area contributed by atoms with Crippen LogP contribution in [0, 0.1) is 0 Å². The summed E-state index contributed by atoms with van der Waals surface area (Å²) in [6.07, 6.45) is 3.07. The summed E-state index contributed by atoms with van der Waals surface area (Å²) < 4.78 is 0. The Balaban J connectivity index is 1.48. The first-order valence-electron chi connectivity index (χ1n) is 10.2. The van der Waals surface area contributed by atoms with Gasteiger partial charge < -0.3 is 10.0 Å². The van der Waals surface area contributed by atoms with Crippen LogP contribution in [0.3, 0.4) is 0 Å². The number of nitrogens with zero attached hydrogens (tertiary/aromatic N) is 3. The van der Waals surface area contributed by atoms with Crippen LogP contribution < -0.4 is 10.3 Å². The summed E-state index contributed by atoms with van der Waals surface area (Å²) in [5.41, 5.74) is 8.49. The number of phenolic OH excluding ortho intramolecular Hbond substituents is 1. The molecule has 0 fully saturated rings. The Kier molecular flexibility index (Phi) is 5.52. The minimum absolute atomic E-state index is 0.118. The van der Waals surface area contributed by atoms with Crippen molar-refractivity contribution in [2.75, 3.05) is 18.0 Å². The summed E-state index contributed by atoms with van der Waals surface area (Å²) in [6.45, 7) is 5.85. The lowest BCUT2D eigenvalue weighted by atomic mass is 9.89. The van der Waals surface area contributed by atoms with E-state index < -0.39 is 0 Å². The third-order valence-electron chi connectivity index (χ3n) is 5.52. The minimum Gasteiger partial charge on any atom is -0.507 e. The number of aryl methyl sites for hydroxylation is 1. The van der Waals surface area contributed by atoms with Gasteiger partial charge in [-0.25, -0.2) is 5.43 Å². The van der Waals surface area contributed by atoms with Crippen molar-refractivity contribution in [3.63, 3.8) is 0 Å². The van der Waals surface area contributed by atoms with Gasteiger partial charge >= 0.3 is 0 Å². The molecule has 0 spiro atoms. The van der Waals surface area contributed by atoms with Gasteiger partial charge in [-0.15, -0.1) is 0 Å². The van der Waals surface area contributed by atoms with Gasteiger partial charge in [0.25, 0.3) is 5.91 Å². The van der Waals surface area contributed by atoms with Crippen LogP contribution in [0.2, 0.25) is 0 Å². The van der Waals surface area contributed by atoms with Gasteiger partial charge in [-0.05, 0) is 44.4 Å². The van der Waals surface area contributed by atoms with E-state index >= 15 is 0 Å². The molecule has 1 aliphatic carbocycles. The topological polar surface area (TPSA) is 93.6 Å². The number of anilines is 1. The van der Waals surface area contributed by atoms with E-state index in [0.29, 0.717) is 11.3 Å². The number of benzene rings is 2. The van der Waals surface area contributed by atoms with Gasteiger partial charge in [-0.1, -0.05) is 24.3 Å². The number of aromatic nitrogens is 2. The van der Waals surface area contributed by atoms with Crippen LogP contribution in [0.1, 0.15) is 41.0 Å². The fraction of sp³-hybridized carbons (Fsp3) is 0.261. The second-order valence-corrected chi connectivity index (χ2v) is 7.20. The zero-order valence-electron chi connectivity index (χ0n) is 17.1. The van der Waals surface area contributed by atoms with Crippen molar-refractivity contribution < 1.29 is 9.90 Å². The van der Waals surface area contributed by atoms with Crippen molar-refractivity contribution in [3.05, 3.63) is 64.8 Å². The highest BCUT2D eigenvalue weighted by molar-refractivity contribution is 5.96. The number of phenols is 1. The van der Waals surface area contributed by atoms with Gasteiger partial charge in [0, 0.05) is 41.5 Å². The number of hydrazone groups is 1. The van der Waals surface area contributed by atoms with Crippen molar-refractivity contribution in [2.24, 2.45) is 5.10 Å². The van der Waals surface area contributed by atoms with Crippen LogP contribution in [0.4, 0.5) is 5.69 Å². The molecule has 1 aliphatic rings. The molecule has 0 radical (unpaired) electrons. The first kappa shape index (κ1) is 19.7. The fourth-order valence-electron chi connectivity index (χ4n) is 3.89. The van der Waals surface area contributed by atoms with Crippen molar-refractivity contribution in [3.8, 4) is 17.0 Å². The molecule has 0 unspecified atom stereocenters. The molecule has 2 aromatic carbocycles. The molecule has 7 nitrogen and oxygen atoms in total. The lowest BCUT2D eigenvalue weighted by Crippen LogP contribution is -2.21. The molecular weight excluding hydrogens is 378 g/mol. The Morgan fingerprint density at radius 3 is 2.80 bits per heavy atom. The maximum Gasteiger partial charge on any atom is 0.289 e. The number of hydrogen-bond donors (Lipinski definition) is 3. The highest BCUT2D eigenvalue weighted by atomic mass is 16.3. The van der Waals surface area contributed by atoms with Gasteiger partial charge in [0.2, 0.25) is 0 Å². The van der Waals surface area contributed by atoms with Gasteiger partial charge in [-0.2, -0.15) is 10.2 Å². The largest absolute Gasteiger partial charge is 0.507 e. The molecule has 1 heterocycles. The van der Waals surface area contributed by atoms with Crippen LogP contribution >= 0.6 is 0 Å². The van der Waals surface area contributed by atoms with Crippen LogP contribution in [0.15, 0.2) is 47.6 Å². The second kappa shape index (κ2) is 8.41. The molecule has 0 saturated heterocycles. The van der Waals surface area contributed by atoms with E-state index in [0.717, 1.165) is 48.4 Å². The summed E-state index contributed by atoms with van der Waals surface area (Å²) in [5, 5.41) is 21.5. The zero-order valence-corrected chi connectivity index (χ0v) is 17.1. The number of amides is 1. The predicted molar refractivity (Wildman–Crippen MR) is 118 cm³/mol. The maximum absolute atomic E-state index is 12.6. The fourth-order valence-corrected chi connectivity index (χ4v) is 3.89. The van der Waals surface area contributed by atoms with Gasteiger partial charge in [-0.3, -0.25) is 9.89 Å². The maximum atomic E-state index is 12.6. The summed E-state index contributed by atoms with van der Waals surface area (Å²) in [4.78, 5) is 14.8. The minimum atomic E-state index is -0.348. The average Bonchev–Trinajstić information content (AvgIpc) is 3.21. The Morgan fingerprint density at radius 2 is 2.03 bits per heavy atom. The quantitative estimate of drug-likeness (QED) is 0.434. The summed E-state index contributed by atoms with van der Waals surface area (Å²) >= 11 is 0. The first-order chi connectivity index (χ1) is 14.6. The van der Waals surface area contributed by atoms with E-state index in [1.807, 2.05) is 24.3 Å². The normalized spacial score (nSPS) is 12.5. The SMILES string of the molecule is CCN(CC)c1ccc(/C=N\NC(=O)c2[nH]nc3c2CCc2ccccc2-3)c(O)c1. The van der Waals surface area contributed by atoms with Crippen LogP contribution in [-0.2, 0) is 12.8 Å². The third-order valence-corrected chi connectivity index (χ3v) is 5.52. The standard InChI is InChI=1S/C23H25N5O2/c1-3-28(4-2)17-11-9-16(20(29)13-17)14-24-27-23(30)22-19-12-10-15-7-5-6-8-18(15)21(19)25-26-22/h5-9,11,13-14,29H,3-4,10,12H2,1-2H3,(H,25,26)(H,27,30)/b24-14-. The molecule has 0 bridgehead atoms. The molecular formula is C23H25N5O2. The Bertz CT molecular complexity index is 1100. The number of carbonyl (C=O) groups is 1. The highest BCUT2D eigenvalue weighted by Gasteiger charge is 2.24. The van der Waals surface area contributed by atoms with Crippen LogP contribution in [-0.4, -0.2) is 40.5 Å². The number of aromatic amines is 1. The van der Waals surface area contributed by atoms with Gasteiger partial charge in [0.15, 0.2) is 0 Å². The number of fused-ring (bicyclic) bond motifs is 3. The molecule has 4 rings (SSSR count). The molecule has 154 valence electrons. The highest BCUT2D eigenvalue weighted by Crippen LogP contribution is 2.33. The van der Waals surface area contributed by atoms with Crippen LogP contribution in [0.25, 0.3) is 11.3 Å². The first-order valence-corrected chi connectivity index (χ1v) is 10.2. The number of H-pyrrole nitrogens is 1. The van der Waals surface area contributed by atoms with Crippen molar-refractivity contribution in [1.82, 2.24) is 15.6 Å². The van der Waals surface area contributed by atoms with E-state index in [2.05, 4.69) is 45.5 Å². The third kappa shape index (κ3) is 3.66. The van der Waals surface area contributed by atoms with Crippen molar-refractivity contribution in [2.45, 2.75) is 26.7 Å². The predicted octanol–water partition coefficient (Wildman–Crippen LogP) is 3.49. The van der Waals surface area contributed by atoms with E-state index in [1.54, 1.807) is 12.1 Å². The molecule has 0 saturated carbocycles. The Labute approximate surface area is 175 Å². The average molecular weight is 403 g/mol. The summed E-state index contributed by atoms with van der Waals surface area (Å²) in [7, 11) is 0. The van der Waals surface area contributed by atoms with Crippen LogP contribution in [0.5, 0.6) is 5.75 Å². The molecule has 3 N–H and O–H groups in total. The lowest BCUT2D eigenvalue weighted by Gasteiger charge is -2.21. The molecule has 7 heteroatoms. The van der Waals surface area contributed by atoms with Crippen molar-refractivity contribution in [1.29, 1.82) is 0 Å². The molecule has 3 aromatic rings. The number of nitrogens with one attached hydrogen (secondary N) is 2. The summed E-state index contributed by atoms with van der Waals surface area (Å²) in [6, 6.07) is 13.5. The van der Waals surface area contributed by atoms with E-state index in [9.17, 15) is 9.90 Å². The Morgan fingerprint density at radius 1 is 1.23 bits per heavy atom. The molecule has 0 atom stereocenters. The van der Waals surface area contributed by atoms with Gasteiger partial charge in [0.05, 0.1) is 11.9 Å². The molecule has 0 aliphatic heterocycles. The Hall–Kier alpha value is -3.61. The molecule has 30 heavy (non-hydrogen) atoms. The number of hydrogen-bond acceptors (Lipinski definition) is 5. The number of rotatable bonds is 6. The van der Waals surface area contributed by atoms with Gasteiger partial charge in [0.1, 0.15) is 11.4 Å². The van der Waals surface area contributed by atoms with E-state index in [4.69, 9.17) is 0 Å². The van der Waals surface area contributed by atoms with E-state index in [1.165, 1.54) is 11.8 Å². The monoisotopic (exact) mass is 403 g/mol. The number of carbonyl (C=O) groups excluding carboxylic acids is 1. The smallest absolute Gasteiger partial charge is 0.289 e. The molecule has 1 aromatic heterocycles. The zero-order chi connectivity index (χ0) is 21.1. The number of aromatic hydroxyl groups is 1. The second-order valence-electron chi connectivity index (χ2n) is 7.20. The molecule has 1 amide bonds. The summed E-state index contributed by atoms with van der Waals surface area (Å²) in [5.74, 6) is -0.230.